The monoisotopic (exact) mass is 414 g/mol. The molecule has 0 fully saturated rings. The summed E-state index contributed by atoms with van der Waals surface area (Å²) in [5.41, 5.74) is 0. The molecule has 0 radical (unpaired) electrons. The Morgan fingerprint density at radius 3 is 1.00 bits per heavy atom. The minimum Gasteiger partial charge on any atom is -0.415 e. The van der Waals surface area contributed by atoms with E-state index in [0.29, 0.717) is 73.4 Å². The molecule has 0 aliphatic heterocycles. The smallest absolute Gasteiger partial charge is 0.326 e. The van der Waals surface area contributed by atoms with E-state index < -0.39 is 17.1 Å². The number of rotatable bonds is 14. The summed E-state index contributed by atoms with van der Waals surface area (Å²) in [7, 11) is -5.94. The van der Waals surface area contributed by atoms with Crippen LogP contribution in [-0.4, -0.2) is 50.2 Å². The summed E-state index contributed by atoms with van der Waals surface area (Å²) in [5.74, 6) is 1.90. The number of hydrogen-bond acceptors (Lipinski definition) is 3. The SMILES string of the molecule is O[Si](CCCCl)(CCCCl)O[Si](O)(CCCCl)CCCCl. The van der Waals surface area contributed by atoms with E-state index in [-0.39, 0.29) is 0 Å². The Bertz CT molecular complexity index is 223. The van der Waals surface area contributed by atoms with Gasteiger partial charge in [0, 0.05) is 23.5 Å². The molecule has 0 aliphatic rings. The van der Waals surface area contributed by atoms with Gasteiger partial charge in [0.2, 0.25) is 0 Å². The Morgan fingerprint density at radius 2 is 0.810 bits per heavy atom. The van der Waals surface area contributed by atoms with Crippen LogP contribution in [0.4, 0.5) is 0 Å². The van der Waals surface area contributed by atoms with E-state index in [9.17, 15) is 9.59 Å². The van der Waals surface area contributed by atoms with Crippen molar-refractivity contribution >= 4 is 63.5 Å². The van der Waals surface area contributed by atoms with Crippen LogP contribution in [0.15, 0.2) is 0 Å². The molecular weight excluding hydrogens is 390 g/mol. The Labute approximate surface area is 150 Å². The van der Waals surface area contributed by atoms with Gasteiger partial charge in [-0.15, -0.1) is 46.4 Å². The minimum absolute atomic E-state index is 0.475. The molecule has 0 rings (SSSR count). The second kappa shape index (κ2) is 12.8. The molecule has 2 N–H and O–H groups in total. The highest BCUT2D eigenvalue weighted by Gasteiger charge is 2.43. The quantitative estimate of drug-likeness (QED) is 0.326. The summed E-state index contributed by atoms with van der Waals surface area (Å²) in [6, 6.07) is 2.13. The Hall–Kier alpha value is 1.47. The predicted molar refractivity (Wildman–Crippen MR) is 97.6 cm³/mol. The summed E-state index contributed by atoms with van der Waals surface area (Å²) in [5, 5.41) is 0. The van der Waals surface area contributed by atoms with Crippen LogP contribution in [0.2, 0.25) is 24.2 Å². The molecule has 0 unspecified atom stereocenters. The standard InChI is InChI=1S/C12H26Cl4O3Si2/c13-5-1-9-20(17,10-2-6-14)19-21(18,11-3-7-15)12-4-8-16/h17-18H,1-12H2. The molecule has 21 heavy (non-hydrogen) atoms. The molecule has 9 heteroatoms. The van der Waals surface area contributed by atoms with Crippen molar-refractivity contribution < 1.29 is 13.7 Å². The first-order valence-electron chi connectivity index (χ1n) is 7.34. The van der Waals surface area contributed by atoms with E-state index in [1.54, 1.807) is 0 Å². The molecular formula is C12H26Cl4O3Si2. The fraction of sp³-hybridized carbons (Fsp3) is 1.00. The molecule has 0 atom stereocenters. The van der Waals surface area contributed by atoms with Gasteiger partial charge in [-0.05, 0) is 49.9 Å². The zero-order chi connectivity index (χ0) is 16.2. The first-order chi connectivity index (χ1) is 9.95. The van der Waals surface area contributed by atoms with Gasteiger partial charge in [-0.1, -0.05) is 0 Å². The van der Waals surface area contributed by atoms with Gasteiger partial charge in [-0.25, -0.2) is 0 Å². The van der Waals surface area contributed by atoms with E-state index in [1.165, 1.54) is 0 Å². The number of hydrogen-bond donors (Lipinski definition) is 2. The molecule has 0 bridgehead atoms. The maximum absolute atomic E-state index is 10.8. The summed E-state index contributed by atoms with van der Waals surface area (Å²) in [4.78, 5) is 21.6. The van der Waals surface area contributed by atoms with Crippen molar-refractivity contribution in [1.29, 1.82) is 0 Å². The molecule has 0 heterocycles. The van der Waals surface area contributed by atoms with Gasteiger partial charge in [0.25, 0.3) is 0 Å². The van der Waals surface area contributed by atoms with Crippen LogP contribution in [0.5, 0.6) is 0 Å². The molecule has 0 aromatic rings. The van der Waals surface area contributed by atoms with Crippen molar-refractivity contribution in [3.05, 3.63) is 0 Å². The van der Waals surface area contributed by atoms with E-state index in [0.717, 1.165) is 0 Å². The fourth-order valence-corrected chi connectivity index (χ4v) is 11.5. The van der Waals surface area contributed by atoms with Crippen molar-refractivity contribution in [3.8, 4) is 0 Å². The highest BCUT2D eigenvalue weighted by molar-refractivity contribution is 6.80. The average molecular weight is 416 g/mol. The fourth-order valence-electron chi connectivity index (χ4n) is 2.18. The van der Waals surface area contributed by atoms with Crippen LogP contribution in [-0.2, 0) is 4.12 Å². The first-order valence-corrected chi connectivity index (χ1v) is 14.0. The molecule has 0 saturated heterocycles. The molecule has 0 amide bonds. The van der Waals surface area contributed by atoms with E-state index >= 15 is 0 Å². The molecule has 0 aliphatic carbocycles. The van der Waals surface area contributed by atoms with Crippen LogP contribution in [0.1, 0.15) is 25.7 Å². The van der Waals surface area contributed by atoms with Crippen molar-refractivity contribution in [2.75, 3.05) is 23.5 Å². The third kappa shape index (κ3) is 10.8. The summed E-state index contributed by atoms with van der Waals surface area (Å²) in [6.07, 6.45) is 2.73. The summed E-state index contributed by atoms with van der Waals surface area (Å²) in [6.45, 7) is 0. The van der Waals surface area contributed by atoms with Crippen molar-refractivity contribution in [3.63, 3.8) is 0 Å². The topological polar surface area (TPSA) is 49.7 Å². The van der Waals surface area contributed by atoms with E-state index in [2.05, 4.69) is 0 Å². The molecule has 128 valence electrons. The van der Waals surface area contributed by atoms with Gasteiger partial charge >= 0.3 is 17.1 Å². The van der Waals surface area contributed by atoms with Gasteiger partial charge in [0.05, 0.1) is 0 Å². The van der Waals surface area contributed by atoms with E-state index in [1.807, 2.05) is 0 Å². The second-order valence-electron chi connectivity index (χ2n) is 5.16. The zero-order valence-electron chi connectivity index (χ0n) is 12.3. The molecule has 3 nitrogen and oxygen atoms in total. The Kier molecular flexibility index (Phi) is 13.7. The van der Waals surface area contributed by atoms with Crippen LogP contribution in [0.25, 0.3) is 0 Å². The maximum Gasteiger partial charge on any atom is 0.326 e. The molecule has 0 aromatic carbocycles. The highest BCUT2D eigenvalue weighted by Crippen LogP contribution is 2.28. The lowest BCUT2D eigenvalue weighted by atomic mass is 10.6. The lowest BCUT2D eigenvalue weighted by molar-refractivity contribution is 0.291. The number of halogens is 4. The Morgan fingerprint density at radius 1 is 0.571 bits per heavy atom. The molecule has 0 aromatic heterocycles. The summed E-state index contributed by atoms with van der Waals surface area (Å²) >= 11 is 22.9. The van der Waals surface area contributed by atoms with Crippen molar-refractivity contribution in [2.45, 2.75) is 49.9 Å². The van der Waals surface area contributed by atoms with Crippen LogP contribution in [0.3, 0.4) is 0 Å². The van der Waals surface area contributed by atoms with Gasteiger partial charge in [-0.3, -0.25) is 0 Å². The lowest BCUT2D eigenvalue weighted by Crippen LogP contribution is -2.52. The van der Waals surface area contributed by atoms with Gasteiger partial charge in [-0.2, -0.15) is 0 Å². The minimum atomic E-state index is -2.97. The molecule has 0 saturated carbocycles. The summed E-state index contributed by atoms with van der Waals surface area (Å²) < 4.78 is 5.99. The number of alkyl halides is 4. The van der Waals surface area contributed by atoms with Crippen LogP contribution in [0, 0.1) is 0 Å². The lowest BCUT2D eigenvalue weighted by Gasteiger charge is -2.35. The van der Waals surface area contributed by atoms with Crippen molar-refractivity contribution in [2.24, 2.45) is 0 Å². The van der Waals surface area contributed by atoms with E-state index in [4.69, 9.17) is 50.5 Å². The van der Waals surface area contributed by atoms with Crippen LogP contribution < -0.4 is 0 Å². The third-order valence-electron chi connectivity index (χ3n) is 3.18. The normalized spacial score (nSPS) is 12.9. The van der Waals surface area contributed by atoms with Gasteiger partial charge in [0.1, 0.15) is 0 Å². The maximum atomic E-state index is 10.8. The van der Waals surface area contributed by atoms with Crippen molar-refractivity contribution in [1.82, 2.24) is 0 Å². The first kappa shape index (κ1) is 22.5. The highest BCUT2D eigenvalue weighted by atomic mass is 35.5. The zero-order valence-corrected chi connectivity index (χ0v) is 17.3. The average Bonchev–Trinajstić information content (AvgIpc) is 2.47. The Balaban J connectivity index is 4.80. The third-order valence-corrected chi connectivity index (χ3v) is 11.8. The largest absolute Gasteiger partial charge is 0.415 e. The van der Waals surface area contributed by atoms with Crippen LogP contribution >= 0.6 is 46.4 Å². The van der Waals surface area contributed by atoms with Gasteiger partial charge in [0.15, 0.2) is 0 Å². The predicted octanol–water partition coefficient (Wildman–Crippen LogP) is 4.39. The second-order valence-corrected chi connectivity index (χ2v) is 13.3. The van der Waals surface area contributed by atoms with Gasteiger partial charge < -0.3 is 13.7 Å². The molecule has 0 spiro atoms.